The maximum absolute atomic E-state index is 6.19. The van der Waals surface area contributed by atoms with E-state index in [-0.39, 0.29) is 0 Å². The molecule has 2 unspecified atom stereocenters. The number of pyridine rings is 1. The first-order valence-corrected chi connectivity index (χ1v) is 11.4. The monoisotopic (exact) mass is 434 g/mol. The number of imidazole rings is 1. The fourth-order valence-electron chi connectivity index (χ4n) is 6.43. The molecule has 2 fully saturated rings. The normalized spacial score (nSPS) is 24.7. The van der Waals surface area contributed by atoms with E-state index in [1.807, 2.05) is 36.5 Å². The van der Waals surface area contributed by atoms with Crippen molar-refractivity contribution in [3.63, 3.8) is 0 Å². The molecule has 1 saturated heterocycles. The van der Waals surface area contributed by atoms with Crippen LogP contribution in [0.1, 0.15) is 45.7 Å². The molecule has 0 spiro atoms. The third kappa shape index (κ3) is 3.60. The van der Waals surface area contributed by atoms with Crippen LogP contribution in [0.25, 0.3) is 16.9 Å². The van der Waals surface area contributed by atoms with Crippen molar-refractivity contribution in [1.82, 2.24) is 14.3 Å². The smallest absolute Gasteiger partial charge is 0.137 e. The quantitative estimate of drug-likeness (QED) is 0.612. The maximum atomic E-state index is 6.19. The standard InChI is InChI=1S/C26H34N4O2/c1-25(2)11-18-12-26(3,15-25)16-29(18)14-21-24(28-23-9-6-17(27)13-30(21)23)20-10-19(31-4)7-8-22(20)32-5/h6-10,13,18H,11-12,14-16,27H2,1-5H3. The number of hydrogen-bond donors (Lipinski definition) is 1. The molecule has 5 rings (SSSR count). The highest BCUT2D eigenvalue weighted by Crippen LogP contribution is 2.53. The first-order valence-electron chi connectivity index (χ1n) is 11.4. The molecule has 2 aliphatic rings. The molecule has 1 aliphatic carbocycles. The van der Waals surface area contributed by atoms with Gasteiger partial charge in [0.25, 0.3) is 0 Å². The summed E-state index contributed by atoms with van der Waals surface area (Å²) in [6, 6.07) is 10.4. The Balaban J connectivity index is 1.63. The molecule has 3 aromatic rings. The summed E-state index contributed by atoms with van der Waals surface area (Å²) >= 11 is 0. The highest BCUT2D eigenvalue weighted by atomic mass is 16.5. The molecule has 1 saturated carbocycles. The van der Waals surface area contributed by atoms with E-state index in [4.69, 9.17) is 20.2 Å². The molecule has 2 N–H and O–H groups in total. The predicted molar refractivity (Wildman–Crippen MR) is 128 cm³/mol. The number of fused-ring (bicyclic) bond motifs is 3. The van der Waals surface area contributed by atoms with Gasteiger partial charge in [0.2, 0.25) is 0 Å². The van der Waals surface area contributed by atoms with Gasteiger partial charge in [0.1, 0.15) is 17.1 Å². The van der Waals surface area contributed by atoms with Crippen molar-refractivity contribution < 1.29 is 9.47 Å². The van der Waals surface area contributed by atoms with Crippen LogP contribution < -0.4 is 15.2 Å². The lowest BCUT2D eigenvalue weighted by molar-refractivity contribution is 0.126. The number of likely N-dealkylation sites (tertiary alicyclic amines) is 1. The molecule has 0 radical (unpaired) electrons. The van der Waals surface area contributed by atoms with Crippen LogP contribution in [0.15, 0.2) is 36.5 Å². The predicted octanol–water partition coefficient (Wildman–Crippen LogP) is 5.00. The van der Waals surface area contributed by atoms with Crippen molar-refractivity contribution >= 4 is 11.3 Å². The van der Waals surface area contributed by atoms with Crippen molar-refractivity contribution in [1.29, 1.82) is 0 Å². The van der Waals surface area contributed by atoms with E-state index >= 15 is 0 Å². The van der Waals surface area contributed by atoms with E-state index in [9.17, 15) is 0 Å². The summed E-state index contributed by atoms with van der Waals surface area (Å²) in [6.45, 7) is 9.24. The Morgan fingerprint density at radius 3 is 2.66 bits per heavy atom. The lowest BCUT2D eigenvalue weighted by Gasteiger charge is -2.40. The van der Waals surface area contributed by atoms with Crippen molar-refractivity contribution in [2.24, 2.45) is 10.8 Å². The van der Waals surface area contributed by atoms with Gasteiger partial charge in [0.15, 0.2) is 0 Å². The van der Waals surface area contributed by atoms with Gasteiger partial charge in [-0.3, -0.25) is 4.90 Å². The lowest BCUT2D eigenvalue weighted by Crippen LogP contribution is -2.34. The average molecular weight is 435 g/mol. The van der Waals surface area contributed by atoms with Gasteiger partial charge in [0, 0.05) is 36.6 Å². The summed E-state index contributed by atoms with van der Waals surface area (Å²) < 4.78 is 13.4. The molecule has 6 nitrogen and oxygen atoms in total. The Morgan fingerprint density at radius 2 is 1.91 bits per heavy atom. The van der Waals surface area contributed by atoms with Crippen molar-refractivity contribution in [3.8, 4) is 22.8 Å². The molecule has 1 aliphatic heterocycles. The van der Waals surface area contributed by atoms with E-state index in [0.717, 1.165) is 52.9 Å². The summed E-state index contributed by atoms with van der Waals surface area (Å²) in [4.78, 5) is 7.69. The minimum Gasteiger partial charge on any atom is -0.497 e. The maximum Gasteiger partial charge on any atom is 0.137 e. The molecule has 2 bridgehead atoms. The van der Waals surface area contributed by atoms with Crippen LogP contribution in [0.2, 0.25) is 0 Å². The summed E-state index contributed by atoms with van der Waals surface area (Å²) in [6.07, 6.45) is 5.78. The van der Waals surface area contributed by atoms with Crippen LogP contribution in [0.4, 0.5) is 5.69 Å². The van der Waals surface area contributed by atoms with Gasteiger partial charge in [-0.25, -0.2) is 4.98 Å². The molecular formula is C26H34N4O2. The molecule has 2 atom stereocenters. The number of methoxy groups -OCH3 is 2. The number of rotatable bonds is 5. The minimum absolute atomic E-state index is 0.375. The summed E-state index contributed by atoms with van der Waals surface area (Å²) in [5.74, 6) is 1.58. The molecule has 6 heteroatoms. The van der Waals surface area contributed by atoms with E-state index in [2.05, 4.69) is 30.1 Å². The fourth-order valence-corrected chi connectivity index (χ4v) is 6.43. The third-order valence-electron chi connectivity index (χ3n) is 7.28. The number of nitrogens with zero attached hydrogens (tertiary/aromatic N) is 3. The van der Waals surface area contributed by atoms with Gasteiger partial charge in [-0.1, -0.05) is 20.8 Å². The van der Waals surface area contributed by atoms with Gasteiger partial charge in [-0.15, -0.1) is 0 Å². The Kier molecular flexibility index (Phi) is 4.89. The lowest BCUT2D eigenvalue weighted by atomic mass is 9.65. The van der Waals surface area contributed by atoms with Crippen molar-refractivity contribution in [2.45, 2.75) is 52.6 Å². The number of ether oxygens (including phenoxy) is 2. The zero-order chi connectivity index (χ0) is 22.7. The molecule has 2 aromatic heterocycles. The van der Waals surface area contributed by atoms with Gasteiger partial charge in [0.05, 0.1) is 25.6 Å². The number of anilines is 1. The highest BCUT2D eigenvalue weighted by molar-refractivity contribution is 5.74. The zero-order valence-electron chi connectivity index (χ0n) is 19.8. The first kappa shape index (κ1) is 21.1. The summed E-state index contributed by atoms with van der Waals surface area (Å²) in [5.41, 5.74) is 11.6. The Bertz CT molecular complexity index is 1170. The fraction of sp³-hybridized carbons (Fsp3) is 0.500. The number of aromatic nitrogens is 2. The third-order valence-corrected chi connectivity index (χ3v) is 7.28. The molecule has 32 heavy (non-hydrogen) atoms. The van der Waals surface area contributed by atoms with E-state index in [0.29, 0.717) is 16.9 Å². The van der Waals surface area contributed by atoms with E-state index in [1.165, 1.54) is 19.3 Å². The summed E-state index contributed by atoms with van der Waals surface area (Å²) in [7, 11) is 3.38. The van der Waals surface area contributed by atoms with Crippen molar-refractivity contribution in [3.05, 3.63) is 42.2 Å². The minimum atomic E-state index is 0.375. The van der Waals surface area contributed by atoms with Crippen LogP contribution >= 0.6 is 0 Å². The van der Waals surface area contributed by atoms with Gasteiger partial charge in [-0.2, -0.15) is 0 Å². The zero-order valence-corrected chi connectivity index (χ0v) is 19.8. The van der Waals surface area contributed by atoms with Crippen LogP contribution in [-0.2, 0) is 6.54 Å². The van der Waals surface area contributed by atoms with Crippen LogP contribution in [-0.4, -0.2) is 41.1 Å². The topological polar surface area (TPSA) is 65.0 Å². The Labute approximate surface area is 190 Å². The number of nitrogen functional groups attached to an aromatic ring is 1. The van der Waals surface area contributed by atoms with Gasteiger partial charge in [-0.05, 0) is 60.4 Å². The molecular weight excluding hydrogens is 400 g/mol. The average Bonchev–Trinajstić information content (AvgIpc) is 3.20. The first-order chi connectivity index (χ1) is 15.2. The molecule has 170 valence electrons. The van der Waals surface area contributed by atoms with Gasteiger partial charge >= 0.3 is 0 Å². The van der Waals surface area contributed by atoms with Crippen LogP contribution in [0.5, 0.6) is 11.5 Å². The van der Waals surface area contributed by atoms with Crippen molar-refractivity contribution in [2.75, 3.05) is 26.5 Å². The largest absolute Gasteiger partial charge is 0.497 e. The second-order valence-corrected chi connectivity index (χ2v) is 10.8. The second-order valence-electron chi connectivity index (χ2n) is 10.8. The highest BCUT2D eigenvalue weighted by Gasteiger charge is 2.49. The Hall–Kier alpha value is -2.73. The Morgan fingerprint density at radius 1 is 1.09 bits per heavy atom. The number of benzene rings is 1. The van der Waals surface area contributed by atoms with E-state index in [1.54, 1.807) is 14.2 Å². The van der Waals surface area contributed by atoms with E-state index < -0.39 is 0 Å². The summed E-state index contributed by atoms with van der Waals surface area (Å²) in [5, 5.41) is 0. The number of nitrogens with two attached hydrogens (primary N) is 1. The van der Waals surface area contributed by atoms with Gasteiger partial charge < -0.3 is 19.6 Å². The van der Waals surface area contributed by atoms with Crippen LogP contribution in [0.3, 0.4) is 0 Å². The molecule has 0 amide bonds. The molecule has 3 heterocycles. The second kappa shape index (κ2) is 7.41. The number of hydrogen-bond acceptors (Lipinski definition) is 5. The molecule has 1 aromatic carbocycles. The van der Waals surface area contributed by atoms with Crippen LogP contribution in [0, 0.1) is 10.8 Å². The SMILES string of the molecule is COc1ccc(OC)c(-c2nc3ccc(N)cn3c2CN2CC3(C)CC2CC(C)(C)C3)c1.